The maximum atomic E-state index is 13.3. The number of alkyl halides is 3. The van der Waals surface area contributed by atoms with Crippen LogP contribution in [0.25, 0.3) is 21.9 Å². The zero-order valence-corrected chi connectivity index (χ0v) is 23.6. The predicted octanol–water partition coefficient (Wildman–Crippen LogP) is 7.77. The number of H-pyrrole nitrogens is 1. The lowest BCUT2D eigenvalue weighted by Crippen LogP contribution is -2.30. The Morgan fingerprint density at radius 2 is 1.50 bits per heavy atom. The van der Waals surface area contributed by atoms with Gasteiger partial charge in [0.1, 0.15) is 11.3 Å². The first-order chi connectivity index (χ1) is 19.5. The summed E-state index contributed by atoms with van der Waals surface area (Å²) in [7, 11) is 0. The van der Waals surface area contributed by atoms with Gasteiger partial charge in [0, 0.05) is 65.6 Å². The van der Waals surface area contributed by atoms with Crippen molar-refractivity contribution < 1.29 is 17.6 Å². The molecule has 0 amide bonds. The highest BCUT2D eigenvalue weighted by molar-refractivity contribution is 5.88. The van der Waals surface area contributed by atoms with Crippen LogP contribution in [0.1, 0.15) is 67.7 Å². The molecule has 7 heteroatoms. The smallest absolute Gasteiger partial charge is 0.417 e. The maximum absolute atomic E-state index is 13.3. The van der Waals surface area contributed by atoms with E-state index in [1.807, 2.05) is 13.8 Å². The number of para-hydroxylation sites is 1. The van der Waals surface area contributed by atoms with Crippen molar-refractivity contribution in [1.29, 1.82) is 0 Å². The third kappa shape index (κ3) is 5.07. The highest BCUT2D eigenvalue weighted by Gasteiger charge is 2.36. The van der Waals surface area contributed by atoms with Crippen LogP contribution in [0.3, 0.4) is 0 Å². The number of fused-ring (bicyclic) bond motifs is 8. The zero-order valence-electron chi connectivity index (χ0n) is 23.6. The van der Waals surface area contributed by atoms with Crippen LogP contribution in [-0.4, -0.2) is 53.0 Å². The molecule has 4 nitrogen and oxygen atoms in total. The molecule has 2 aromatic carbocycles. The lowest BCUT2D eigenvalue weighted by atomic mass is 9.98. The van der Waals surface area contributed by atoms with E-state index in [2.05, 4.69) is 39.0 Å². The molecule has 2 saturated heterocycles. The Balaban J connectivity index is 0.000000139. The van der Waals surface area contributed by atoms with Crippen LogP contribution in [0.4, 0.5) is 13.2 Å². The molecule has 4 aliphatic rings. The van der Waals surface area contributed by atoms with Gasteiger partial charge >= 0.3 is 6.18 Å². The van der Waals surface area contributed by atoms with E-state index in [1.54, 1.807) is 6.07 Å². The Hall–Kier alpha value is -2.77. The van der Waals surface area contributed by atoms with Gasteiger partial charge in [0.25, 0.3) is 0 Å². The van der Waals surface area contributed by atoms with Crippen molar-refractivity contribution in [2.24, 2.45) is 0 Å². The molecule has 0 radical (unpaired) electrons. The number of nitrogens with one attached hydrogen (secondary N) is 1. The number of aromatic amines is 1. The molecule has 8 rings (SSSR count). The van der Waals surface area contributed by atoms with Crippen molar-refractivity contribution in [2.75, 3.05) is 26.2 Å². The van der Waals surface area contributed by atoms with E-state index in [0.717, 1.165) is 74.5 Å². The largest absolute Gasteiger partial charge is 0.461 e. The predicted molar refractivity (Wildman–Crippen MR) is 155 cm³/mol. The molecule has 1 N–H and O–H groups in total. The first-order valence-corrected chi connectivity index (χ1v) is 15.1. The van der Waals surface area contributed by atoms with Crippen LogP contribution >= 0.6 is 0 Å². The second-order valence-corrected chi connectivity index (χ2v) is 11.4. The Morgan fingerprint density at radius 1 is 0.800 bits per heavy atom. The lowest BCUT2D eigenvalue weighted by molar-refractivity contribution is -0.136. The van der Waals surface area contributed by atoms with E-state index in [1.165, 1.54) is 54.8 Å². The van der Waals surface area contributed by atoms with Crippen LogP contribution in [0.5, 0.6) is 0 Å². The molecule has 4 aliphatic heterocycles. The van der Waals surface area contributed by atoms with Crippen LogP contribution < -0.4 is 0 Å². The molecular weight excluding hydrogens is 511 g/mol. The van der Waals surface area contributed by atoms with Crippen molar-refractivity contribution in [3.8, 4) is 0 Å². The summed E-state index contributed by atoms with van der Waals surface area (Å²) >= 11 is 0. The average Bonchev–Trinajstić information content (AvgIpc) is 3.71. The monoisotopic (exact) mass is 551 g/mol. The quantitative estimate of drug-likeness (QED) is 0.243. The number of nitrogens with zero attached hydrogens (tertiary/aromatic N) is 2. The summed E-state index contributed by atoms with van der Waals surface area (Å²) in [5, 5.41) is 1.73. The second kappa shape index (κ2) is 11.2. The molecule has 2 unspecified atom stereocenters. The summed E-state index contributed by atoms with van der Waals surface area (Å²) < 4.78 is 46.0. The van der Waals surface area contributed by atoms with Crippen molar-refractivity contribution in [1.82, 2.24) is 14.8 Å². The minimum Gasteiger partial charge on any atom is -0.461 e. The fraction of sp³-hybridized carbons (Fsp3) is 0.515. The van der Waals surface area contributed by atoms with E-state index in [4.69, 9.17) is 4.42 Å². The molecular formula is C33H40F3N3O. The van der Waals surface area contributed by atoms with Gasteiger partial charge in [-0.05, 0) is 75.4 Å². The molecule has 0 spiro atoms. The minimum atomic E-state index is -4.29. The SMILES string of the molecule is CC.FC(F)(F)c1cccc2[nH]c3c(c12)CC1CCCN1CC3.c1ccc2c3c(oc2c1)CC1CCCN1CC3. The summed E-state index contributed by atoms with van der Waals surface area (Å²) in [6.45, 7) is 8.53. The van der Waals surface area contributed by atoms with E-state index in [-0.39, 0.29) is 0 Å². The molecule has 6 heterocycles. The Kier molecular flexibility index (Phi) is 7.71. The van der Waals surface area contributed by atoms with Gasteiger partial charge in [0.05, 0.1) is 5.56 Å². The average molecular weight is 552 g/mol. The van der Waals surface area contributed by atoms with Crippen LogP contribution in [0, 0.1) is 0 Å². The first-order valence-electron chi connectivity index (χ1n) is 15.1. The van der Waals surface area contributed by atoms with Gasteiger partial charge in [0.2, 0.25) is 0 Å². The third-order valence-electron chi connectivity index (χ3n) is 9.26. The number of hydrogen-bond acceptors (Lipinski definition) is 3. The number of halogens is 3. The van der Waals surface area contributed by atoms with E-state index in [0.29, 0.717) is 16.9 Å². The fourth-order valence-electron chi connectivity index (χ4n) is 7.44. The van der Waals surface area contributed by atoms with Crippen molar-refractivity contribution in [3.05, 3.63) is 70.6 Å². The summed E-state index contributed by atoms with van der Waals surface area (Å²) in [6.07, 6.45) is 4.50. The van der Waals surface area contributed by atoms with Gasteiger partial charge in [0.15, 0.2) is 0 Å². The molecule has 2 fully saturated rings. The van der Waals surface area contributed by atoms with Crippen LogP contribution in [0.2, 0.25) is 0 Å². The lowest BCUT2D eigenvalue weighted by Gasteiger charge is -2.21. The van der Waals surface area contributed by atoms with Crippen molar-refractivity contribution in [2.45, 2.75) is 83.5 Å². The molecule has 0 saturated carbocycles. The molecule has 0 bridgehead atoms. The van der Waals surface area contributed by atoms with Gasteiger partial charge in [-0.3, -0.25) is 9.80 Å². The summed E-state index contributed by atoms with van der Waals surface area (Å²) in [4.78, 5) is 8.30. The van der Waals surface area contributed by atoms with Gasteiger partial charge in [-0.1, -0.05) is 38.1 Å². The highest BCUT2D eigenvalue weighted by atomic mass is 19.4. The van der Waals surface area contributed by atoms with Gasteiger partial charge in [-0.2, -0.15) is 13.2 Å². The van der Waals surface area contributed by atoms with Gasteiger partial charge < -0.3 is 9.40 Å². The molecule has 40 heavy (non-hydrogen) atoms. The molecule has 0 aliphatic carbocycles. The zero-order chi connectivity index (χ0) is 27.9. The normalized spacial score (nSPS) is 22.7. The molecule has 4 aromatic rings. The number of hydrogen-bond donors (Lipinski definition) is 1. The summed E-state index contributed by atoms with van der Waals surface area (Å²) in [6, 6.07) is 14.1. The minimum absolute atomic E-state index is 0.397. The Morgan fingerprint density at radius 3 is 2.25 bits per heavy atom. The molecule has 214 valence electrons. The van der Waals surface area contributed by atoms with Crippen LogP contribution in [-0.2, 0) is 31.9 Å². The summed E-state index contributed by atoms with van der Waals surface area (Å²) in [5.41, 5.74) is 4.56. The fourth-order valence-corrected chi connectivity index (χ4v) is 7.44. The second-order valence-electron chi connectivity index (χ2n) is 11.4. The third-order valence-corrected chi connectivity index (χ3v) is 9.26. The van der Waals surface area contributed by atoms with Crippen LogP contribution in [0.15, 0.2) is 46.9 Å². The summed E-state index contributed by atoms with van der Waals surface area (Å²) in [5.74, 6) is 1.25. The van der Waals surface area contributed by atoms with Crippen molar-refractivity contribution >= 4 is 21.9 Å². The van der Waals surface area contributed by atoms with E-state index >= 15 is 0 Å². The Bertz CT molecular complexity index is 1470. The van der Waals surface area contributed by atoms with Crippen molar-refractivity contribution in [3.63, 3.8) is 0 Å². The molecule has 2 atom stereocenters. The number of furan rings is 1. The Labute approximate surface area is 234 Å². The molecule has 2 aromatic heterocycles. The van der Waals surface area contributed by atoms with E-state index in [9.17, 15) is 13.2 Å². The highest BCUT2D eigenvalue weighted by Crippen LogP contribution is 2.40. The number of rotatable bonds is 0. The van der Waals surface area contributed by atoms with Gasteiger partial charge in [-0.15, -0.1) is 0 Å². The topological polar surface area (TPSA) is 35.4 Å². The van der Waals surface area contributed by atoms with Gasteiger partial charge in [-0.25, -0.2) is 0 Å². The standard InChI is InChI=1S/C16H17F3N2.C15H17NO.C2H6/c17-16(18,19)12-4-1-5-14-15(12)11-9-10-3-2-7-21(10)8-6-13(11)20-14;1-2-6-14-12(5-1)13-7-9-16-8-3-4-11(16)10-15(13)17-14;1-2/h1,4-5,10,20H,2-3,6-9H2;1-2,5-6,11H,3-4,7-10H2;1-2H3. The first kappa shape index (κ1) is 27.4. The number of aromatic nitrogens is 1. The maximum Gasteiger partial charge on any atom is 0.417 e. The van der Waals surface area contributed by atoms with E-state index < -0.39 is 11.7 Å². The number of benzene rings is 2.